The lowest BCUT2D eigenvalue weighted by atomic mass is 9.99. The Morgan fingerprint density at radius 2 is 2.10 bits per heavy atom. The van der Waals surface area contributed by atoms with Gasteiger partial charge in [-0.1, -0.05) is 28.9 Å². The summed E-state index contributed by atoms with van der Waals surface area (Å²) in [4.78, 5) is 4.24. The van der Waals surface area contributed by atoms with Gasteiger partial charge >= 0.3 is 0 Å². The molecule has 1 aromatic heterocycles. The van der Waals surface area contributed by atoms with E-state index in [0.717, 1.165) is 34.1 Å². The maximum absolute atomic E-state index is 13.4. The van der Waals surface area contributed by atoms with E-state index in [1.54, 1.807) is 12.1 Å². The molecule has 0 spiro atoms. The fourth-order valence-electron chi connectivity index (χ4n) is 2.24. The van der Waals surface area contributed by atoms with E-state index in [1.165, 1.54) is 6.07 Å². The van der Waals surface area contributed by atoms with E-state index >= 15 is 0 Å². The molecule has 0 bridgehead atoms. The predicted octanol–water partition coefficient (Wildman–Crippen LogP) is 4.18. The third kappa shape index (κ3) is 3.87. The average Bonchev–Trinajstić information content (AvgIpc) is 2.42. The van der Waals surface area contributed by atoms with Crippen LogP contribution in [-0.2, 0) is 6.42 Å². The fraction of sp³-hybridized carbons (Fsp3) is 0.312. The van der Waals surface area contributed by atoms with E-state index in [-0.39, 0.29) is 11.9 Å². The van der Waals surface area contributed by atoms with Gasteiger partial charge in [0.2, 0.25) is 0 Å². The predicted molar refractivity (Wildman–Crippen MR) is 83.2 cm³/mol. The fourth-order valence-corrected chi connectivity index (χ4v) is 2.65. The summed E-state index contributed by atoms with van der Waals surface area (Å²) in [6.07, 6.45) is 4.43. The Bertz CT molecular complexity index is 586. The Balaban J connectivity index is 2.27. The van der Waals surface area contributed by atoms with Crippen molar-refractivity contribution in [2.45, 2.75) is 26.3 Å². The van der Waals surface area contributed by atoms with Crippen LogP contribution in [0.2, 0.25) is 0 Å². The van der Waals surface area contributed by atoms with Crippen molar-refractivity contribution < 1.29 is 4.39 Å². The van der Waals surface area contributed by atoms with Crippen LogP contribution in [0.15, 0.2) is 41.1 Å². The number of aryl methyl sites for hydroxylation is 1. The maximum atomic E-state index is 13.4. The maximum Gasteiger partial charge on any atom is 0.123 e. The molecule has 106 valence electrons. The van der Waals surface area contributed by atoms with Gasteiger partial charge < -0.3 is 5.32 Å². The SMILES string of the molecule is CCNC(Cc1cc(F)ccc1Br)c1cncc(C)c1. The van der Waals surface area contributed by atoms with E-state index in [9.17, 15) is 4.39 Å². The zero-order valence-corrected chi connectivity index (χ0v) is 13.2. The molecule has 4 heteroatoms. The van der Waals surface area contributed by atoms with Crippen LogP contribution in [0, 0.1) is 12.7 Å². The number of hydrogen-bond donors (Lipinski definition) is 1. The molecule has 2 aromatic rings. The number of nitrogens with one attached hydrogen (secondary N) is 1. The average molecular weight is 337 g/mol. The molecule has 0 aliphatic heterocycles. The van der Waals surface area contributed by atoms with Gasteiger partial charge in [-0.05, 0) is 54.8 Å². The lowest BCUT2D eigenvalue weighted by molar-refractivity contribution is 0.544. The lowest BCUT2D eigenvalue weighted by Crippen LogP contribution is -2.23. The van der Waals surface area contributed by atoms with Crippen molar-refractivity contribution in [3.8, 4) is 0 Å². The molecule has 2 nitrogen and oxygen atoms in total. The molecule has 1 aromatic carbocycles. The Labute approximate surface area is 127 Å². The summed E-state index contributed by atoms with van der Waals surface area (Å²) in [6, 6.07) is 7.04. The summed E-state index contributed by atoms with van der Waals surface area (Å²) in [5.41, 5.74) is 3.21. The third-order valence-electron chi connectivity index (χ3n) is 3.18. The second kappa shape index (κ2) is 6.95. The van der Waals surface area contributed by atoms with E-state index in [1.807, 2.05) is 19.3 Å². The number of aromatic nitrogens is 1. The summed E-state index contributed by atoms with van der Waals surface area (Å²) < 4.78 is 14.3. The molecule has 0 aliphatic rings. The Morgan fingerprint density at radius 1 is 1.30 bits per heavy atom. The Morgan fingerprint density at radius 3 is 2.80 bits per heavy atom. The van der Waals surface area contributed by atoms with Crippen LogP contribution in [0.3, 0.4) is 0 Å². The number of pyridine rings is 1. The van der Waals surface area contributed by atoms with Gasteiger partial charge in [0, 0.05) is 22.9 Å². The molecule has 1 atom stereocenters. The van der Waals surface area contributed by atoms with E-state index in [4.69, 9.17) is 0 Å². The minimum atomic E-state index is -0.208. The second-order valence-electron chi connectivity index (χ2n) is 4.85. The molecule has 0 radical (unpaired) electrons. The zero-order chi connectivity index (χ0) is 14.5. The molecule has 20 heavy (non-hydrogen) atoms. The molecule has 0 fully saturated rings. The minimum absolute atomic E-state index is 0.130. The quantitative estimate of drug-likeness (QED) is 0.885. The van der Waals surface area contributed by atoms with Gasteiger partial charge in [0.05, 0.1) is 0 Å². The molecule has 0 saturated heterocycles. The molecule has 1 heterocycles. The van der Waals surface area contributed by atoms with Crippen molar-refractivity contribution in [1.29, 1.82) is 0 Å². The Kier molecular flexibility index (Phi) is 5.26. The highest BCUT2D eigenvalue weighted by atomic mass is 79.9. The number of hydrogen-bond acceptors (Lipinski definition) is 2. The molecule has 0 amide bonds. The van der Waals surface area contributed by atoms with E-state index in [2.05, 4.69) is 39.2 Å². The van der Waals surface area contributed by atoms with Crippen LogP contribution in [0.4, 0.5) is 4.39 Å². The van der Waals surface area contributed by atoms with Crippen LogP contribution >= 0.6 is 15.9 Å². The number of likely N-dealkylation sites (N-methyl/N-ethyl adjacent to an activating group) is 1. The highest BCUT2D eigenvalue weighted by Gasteiger charge is 2.14. The van der Waals surface area contributed by atoms with Crippen molar-refractivity contribution in [3.63, 3.8) is 0 Å². The van der Waals surface area contributed by atoms with Crippen LogP contribution < -0.4 is 5.32 Å². The third-order valence-corrected chi connectivity index (χ3v) is 3.95. The van der Waals surface area contributed by atoms with Gasteiger partial charge in [-0.15, -0.1) is 0 Å². The van der Waals surface area contributed by atoms with Gasteiger partial charge in [0.1, 0.15) is 5.82 Å². The summed E-state index contributed by atoms with van der Waals surface area (Å²) in [6.45, 7) is 4.94. The highest BCUT2D eigenvalue weighted by Crippen LogP contribution is 2.25. The first-order valence-corrected chi connectivity index (χ1v) is 7.48. The van der Waals surface area contributed by atoms with Crippen molar-refractivity contribution in [3.05, 3.63) is 63.6 Å². The van der Waals surface area contributed by atoms with Crippen molar-refractivity contribution in [2.75, 3.05) is 6.54 Å². The summed E-state index contributed by atoms with van der Waals surface area (Å²) in [5.74, 6) is -0.208. The van der Waals surface area contributed by atoms with Crippen molar-refractivity contribution in [1.82, 2.24) is 10.3 Å². The highest BCUT2D eigenvalue weighted by molar-refractivity contribution is 9.10. The van der Waals surface area contributed by atoms with Crippen LogP contribution in [0.25, 0.3) is 0 Å². The first-order chi connectivity index (χ1) is 9.60. The molecule has 1 N–H and O–H groups in total. The summed E-state index contributed by atoms with van der Waals surface area (Å²) >= 11 is 3.49. The molecular weight excluding hydrogens is 319 g/mol. The number of benzene rings is 1. The van der Waals surface area contributed by atoms with Gasteiger partial charge in [-0.2, -0.15) is 0 Å². The standard InChI is InChI=1S/C16H18BrFN2/c1-3-20-16(13-6-11(2)9-19-10-13)8-12-7-14(18)4-5-15(12)17/h4-7,9-10,16,20H,3,8H2,1-2H3. The van der Waals surface area contributed by atoms with Crippen LogP contribution in [0.5, 0.6) is 0 Å². The summed E-state index contributed by atoms with van der Waals surface area (Å²) in [5, 5.41) is 3.44. The normalized spacial score (nSPS) is 12.4. The largest absolute Gasteiger partial charge is 0.310 e. The first kappa shape index (κ1) is 15.1. The monoisotopic (exact) mass is 336 g/mol. The van der Waals surface area contributed by atoms with E-state index in [0.29, 0.717) is 0 Å². The zero-order valence-electron chi connectivity index (χ0n) is 11.7. The van der Waals surface area contributed by atoms with Crippen molar-refractivity contribution in [2.24, 2.45) is 0 Å². The number of halogens is 2. The van der Waals surface area contributed by atoms with Gasteiger partial charge in [0.25, 0.3) is 0 Å². The van der Waals surface area contributed by atoms with Gasteiger partial charge in [-0.25, -0.2) is 4.39 Å². The molecule has 0 aliphatic carbocycles. The smallest absolute Gasteiger partial charge is 0.123 e. The molecule has 2 rings (SSSR count). The molecule has 0 saturated carbocycles. The lowest BCUT2D eigenvalue weighted by Gasteiger charge is -2.19. The minimum Gasteiger partial charge on any atom is -0.310 e. The Hall–Kier alpha value is -1.26. The molecular formula is C16H18BrFN2. The number of nitrogens with zero attached hydrogens (tertiary/aromatic N) is 1. The van der Waals surface area contributed by atoms with Crippen LogP contribution in [-0.4, -0.2) is 11.5 Å². The van der Waals surface area contributed by atoms with Gasteiger partial charge in [-0.3, -0.25) is 4.98 Å². The number of rotatable bonds is 5. The van der Waals surface area contributed by atoms with Gasteiger partial charge in [0.15, 0.2) is 0 Å². The van der Waals surface area contributed by atoms with E-state index < -0.39 is 0 Å². The summed E-state index contributed by atoms with van der Waals surface area (Å²) in [7, 11) is 0. The molecule has 1 unspecified atom stereocenters. The van der Waals surface area contributed by atoms with Crippen LogP contribution in [0.1, 0.15) is 29.7 Å². The second-order valence-corrected chi connectivity index (χ2v) is 5.70. The topological polar surface area (TPSA) is 24.9 Å². The van der Waals surface area contributed by atoms with Crippen molar-refractivity contribution >= 4 is 15.9 Å². The first-order valence-electron chi connectivity index (χ1n) is 6.69.